The number of hydrogen-bond acceptors (Lipinski definition) is 5. The Labute approximate surface area is 122 Å². The number of carboxylic acids is 1. The van der Waals surface area contributed by atoms with E-state index < -0.39 is 21.7 Å². The van der Waals surface area contributed by atoms with Crippen LogP contribution in [0.25, 0.3) is 0 Å². The quantitative estimate of drug-likeness (QED) is 0.884. The van der Waals surface area contributed by atoms with Gasteiger partial charge in [0.05, 0.1) is 5.51 Å². The molecule has 1 saturated carbocycles. The van der Waals surface area contributed by atoms with Crippen molar-refractivity contribution in [3.05, 3.63) is 11.2 Å². The van der Waals surface area contributed by atoms with E-state index in [2.05, 4.69) is 23.6 Å². The Bertz CT molecular complexity index is 586. The van der Waals surface area contributed by atoms with Crippen LogP contribution in [0.15, 0.2) is 9.72 Å². The van der Waals surface area contributed by atoms with E-state index in [4.69, 9.17) is 5.11 Å². The summed E-state index contributed by atoms with van der Waals surface area (Å²) in [6.07, 6.45) is 2.66. The summed E-state index contributed by atoms with van der Waals surface area (Å²) in [5.74, 6) is -0.393. The molecule has 1 fully saturated rings. The second-order valence-corrected chi connectivity index (χ2v) is 8.29. The number of rotatable bonds is 4. The molecule has 1 aromatic rings. The third kappa shape index (κ3) is 3.36. The largest absolute Gasteiger partial charge is 0.476 e. The molecule has 6 nitrogen and oxygen atoms in total. The Morgan fingerprint density at radius 1 is 1.35 bits per heavy atom. The number of aromatic carboxylic acids is 1. The van der Waals surface area contributed by atoms with Gasteiger partial charge in [-0.2, -0.15) is 0 Å². The van der Waals surface area contributed by atoms with E-state index in [9.17, 15) is 13.2 Å². The first kappa shape index (κ1) is 15.4. The summed E-state index contributed by atoms with van der Waals surface area (Å²) in [5.41, 5.74) is 0.837. The van der Waals surface area contributed by atoms with Crippen molar-refractivity contribution < 1.29 is 18.3 Å². The number of hydrogen-bond donors (Lipinski definition) is 2. The number of aromatic nitrogens is 1. The van der Waals surface area contributed by atoms with Crippen molar-refractivity contribution in [2.75, 3.05) is 0 Å². The molecule has 112 valence electrons. The molecule has 1 aliphatic rings. The monoisotopic (exact) mass is 318 g/mol. The molecule has 1 heterocycles. The number of thiazole rings is 1. The van der Waals surface area contributed by atoms with Gasteiger partial charge in [-0.3, -0.25) is 0 Å². The van der Waals surface area contributed by atoms with E-state index in [1.165, 1.54) is 5.51 Å². The van der Waals surface area contributed by atoms with E-state index in [-0.39, 0.29) is 10.3 Å². The first-order valence-corrected chi connectivity index (χ1v) is 8.85. The van der Waals surface area contributed by atoms with Crippen LogP contribution in [0.5, 0.6) is 0 Å². The van der Waals surface area contributed by atoms with Crippen molar-refractivity contribution in [1.29, 1.82) is 0 Å². The fourth-order valence-electron chi connectivity index (χ4n) is 2.88. The molecule has 0 aromatic carbocycles. The van der Waals surface area contributed by atoms with Crippen LogP contribution < -0.4 is 4.72 Å². The highest BCUT2D eigenvalue weighted by molar-refractivity contribution is 7.91. The van der Waals surface area contributed by atoms with Crippen molar-refractivity contribution in [2.45, 2.75) is 43.4 Å². The first-order chi connectivity index (χ1) is 9.29. The average molecular weight is 318 g/mol. The van der Waals surface area contributed by atoms with Crippen LogP contribution >= 0.6 is 11.3 Å². The molecule has 8 heteroatoms. The zero-order valence-electron chi connectivity index (χ0n) is 11.4. The van der Waals surface area contributed by atoms with E-state index in [1.54, 1.807) is 0 Å². The highest BCUT2D eigenvalue weighted by Gasteiger charge is 2.31. The summed E-state index contributed by atoms with van der Waals surface area (Å²) in [6, 6.07) is -0.137. The molecule has 0 spiro atoms. The topological polar surface area (TPSA) is 96.4 Å². The van der Waals surface area contributed by atoms with Gasteiger partial charge in [-0.15, -0.1) is 11.3 Å². The van der Waals surface area contributed by atoms with Crippen LogP contribution in [0.1, 0.15) is 43.6 Å². The van der Waals surface area contributed by atoms with Crippen molar-refractivity contribution in [1.82, 2.24) is 9.71 Å². The van der Waals surface area contributed by atoms with Gasteiger partial charge in [0.25, 0.3) is 10.0 Å². The lowest BCUT2D eigenvalue weighted by Crippen LogP contribution is -2.40. The van der Waals surface area contributed by atoms with Crippen LogP contribution in [0.4, 0.5) is 0 Å². The fourth-order valence-corrected chi connectivity index (χ4v) is 5.30. The van der Waals surface area contributed by atoms with Gasteiger partial charge in [0.1, 0.15) is 0 Å². The Balaban J connectivity index is 2.19. The molecule has 2 unspecified atom stereocenters. The van der Waals surface area contributed by atoms with Crippen molar-refractivity contribution >= 4 is 27.3 Å². The molecule has 2 N–H and O–H groups in total. The van der Waals surface area contributed by atoms with Crippen molar-refractivity contribution in [3.63, 3.8) is 0 Å². The standard InChI is InChI=1S/C12H18N2O4S2/c1-7-3-8(2)5-9(4-7)14-20(17,18)12-10(11(15)16)13-6-19-12/h6-9,14H,3-5H2,1-2H3,(H,15,16). The van der Waals surface area contributed by atoms with Crippen molar-refractivity contribution in [2.24, 2.45) is 11.8 Å². The molecule has 0 saturated heterocycles. The molecule has 0 aliphatic heterocycles. The molecular weight excluding hydrogens is 300 g/mol. The normalized spacial score (nSPS) is 27.4. The first-order valence-electron chi connectivity index (χ1n) is 6.48. The highest BCUT2D eigenvalue weighted by atomic mass is 32.2. The highest BCUT2D eigenvalue weighted by Crippen LogP contribution is 2.30. The van der Waals surface area contributed by atoms with E-state index in [0.717, 1.165) is 30.6 Å². The molecule has 0 radical (unpaired) electrons. The Morgan fingerprint density at radius 3 is 2.50 bits per heavy atom. The van der Waals surface area contributed by atoms with Gasteiger partial charge < -0.3 is 5.11 Å². The molecule has 1 aliphatic carbocycles. The molecule has 1 aromatic heterocycles. The molecule has 0 bridgehead atoms. The maximum absolute atomic E-state index is 12.3. The number of carboxylic acid groups (broad SMARTS) is 1. The minimum atomic E-state index is -3.81. The smallest absolute Gasteiger partial charge is 0.356 e. The Hall–Kier alpha value is -0.990. The van der Waals surface area contributed by atoms with E-state index in [0.29, 0.717) is 11.8 Å². The van der Waals surface area contributed by atoms with Gasteiger partial charge in [-0.25, -0.2) is 22.9 Å². The summed E-state index contributed by atoms with van der Waals surface area (Å²) in [6.45, 7) is 4.21. The number of nitrogens with zero attached hydrogens (tertiary/aromatic N) is 1. The summed E-state index contributed by atoms with van der Waals surface area (Å²) in [5, 5.41) is 8.96. The van der Waals surface area contributed by atoms with Gasteiger partial charge in [0.2, 0.25) is 0 Å². The maximum atomic E-state index is 12.3. The maximum Gasteiger partial charge on any atom is 0.356 e. The van der Waals surface area contributed by atoms with E-state index in [1.807, 2.05) is 0 Å². The predicted octanol–water partition coefficient (Wildman–Crippen LogP) is 1.94. The molecular formula is C12H18N2O4S2. The lowest BCUT2D eigenvalue weighted by Gasteiger charge is -2.31. The molecule has 2 atom stereocenters. The number of sulfonamides is 1. The fraction of sp³-hybridized carbons (Fsp3) is 0.667. The van der Waals surface area contributed by atoms with Gasteiger partial charge >= 0.3 is 5.97 Å². The van der Waals surface area contributed by atoms with Gasteiger partial charge in [-0.05, 0) is 31.1 Å². The SMILES string of the molecule is CC1CC(C)CC(NS(=O)(=O)c2scnc2C(=O)O)C1. The third-order valence-electron chi connectivity index (χ3n) is 3.48. The van der Waals surface area contributed by atoms with Crippen LogP contribution in [0, 0.1) is 11.8 Å². The summed E-state index contributed by atoms with van der Waals surface area (Å²) >= 11 is 0.833. The minimum absolute atomic E-state index is 0.137. The van der Waals surface area contributed by atoms with Crippen LogP contribution in [0.3, 0.4) is 0 Å². The average Bonchev–Trinajstić information content (AvgIpc) is 2.75. The van der Waals surface area contributed by atoms with Gasteiger partial charge in [0.15, 0.2) is 9.90 Å². The van der Waals surface area contributed by atoms with Crippen LogP contribution in [-0.4, -0.2) is 30.5 Å². The summed E-state index contributed by atoms with van der Waals surface area (Å²) < 4.78 is 27.0. The van der Waals surface area contributed by atoms with Gasteiger partial charge in [-0.1, -0.05) is 13.8 Å². The van der Waals surface area contributed by atoms with Crippen LogP contribution in [0.2, 0.25) is 0 Å². The predicted molar refractivity (Wildman–Crippen MR) is 75.4 cm³/mol. The lowest BCUT2D eigenvalue weighted by atomic mass is 9.81. The second-order valence-electron chi connectivity index (χ2n) is 5.53. The molecule has 0 amide bonds. The van der Waals surface area contributed by atoms with Gasteiger partial charge in [0, 0.05) is 6.04 Å². The third-order valence-corrected chi connectivity index (χ3v) is 6.37. The summed E-state index contributed by atoms with van der Waals surface area (Å²) in [4.78, 5) is 14.6. The van der Waals surface area contributed by atoms with Crippen LogP contribution in [-0.2, 0) is 10.0 Å². The zero-order chi connectivity index (χ0) is 14.9. The minimum Gasteiger partial charge on any atom is -0.476 e. The Kier molecular flexibility index (Phi) is 4.46. The zero-order valence-corrected chi connectivity index (χ0v) is 13.0. The second kappa shape index (κ2) is 5.79. The van der Waals surface area contributed by atoms with Crippen molar-refractivity contribution in [3.8, 4) is 0 Å². The van der Waals surface area contributed by atoms with E-state index >= 15 is 0 Å². The molecule has 2 rings (SSSR count). The lowest BCUT2D eigenvalue weighted by molar-refractivity contribution is 0.0687. The summed E-state index contributed by atoms with van der Waals surface area (Å²) in [7, 11) is -3.81. The molecule has 20 heavy (non-hydrogen) atoms. The number of nitrogens with one attached hydrogen (secondary N) is 1. The Morgan fingerprint density at radius 2 is 1.95 bits per heavy atom. The number of carbonyl (C=O) groups is 1.